The first-order valence-electron chi connectivity index (χ1n) is 5.13. The third kappa shape index (κ3) is 2.74. The largest absolute Gasteiger partial charge is 0.332 e. The van der Waals surface area contributed by atoms with Gasteiger partial charge in [-0.15, -0.1) is 11.3 Å². The normalized spacial score (nSPS) is 10.8. The minimum absolute atomic E-state index is 0.529. The lowest BCUT2D eigenvalue weighted by molar-refractivity contribution is 0.867. The standard InChI is InChI=1S/C12H13ClN2S/c1-8(2)9-4-3-5-10(6-9)14-12-15-11(13)7-16-12/h3-8H,1-2H3,(H,14,15). The molecule has 2 aromatic rings. The average Bonchev–Trinajstić information content (AvgIpc) is 2.64. The second-order valence-electron chi connectivity index (χ2n) is 3.88. The Morgan fingerprint density at radius 2 is 2.19 bits per heavy atom. The highest BCUT2D eigenvalue weighted by Gasteiger charge is 2.02. The quantitative estimate of drug-likeness (QED) is 0.859. The van der Waals surface area contributed by atoms with Gasteiger partial charge in [0.1, 0.15) is 5.15 Å². The van der Waals surface area contributed by atoms with E-state index in [9.17, 15) is 0 Å². The predicted octanol–water partition coefficient (Wildman–Crippen LogP) is 4.66. The van der Waals surface area contributed by atoms with Crippen molar-refractivity contribution in [3.05, 3.63) is 40.4 Å². The maximum atomic E-state index is 5.77. The molecule has 0 bridgehead atoms. The fourth-order valence-corrected chi connectivity index (χ4v) is 2.27. The Balaban J connectivity index is 2.18. The van der Waals surface area contributed by atoms with Crippen LogP contribution in [0.4, 0.5) is 10.8 Å². The van der Waals surface area contributed by atoms with E-state index in [1.54, 1.807) is 0 Å². The summed E-state index contributed by atoms with van der Waals surface area (Å²) in [5.41, 5.74) is 2.37. The lowest BCUT2D eigenvalue weighted by Crippen LogP contribution is -1.92. The molecule has 0 aliphatic carbocycles. The van der Waals surface area contributed by atoms with Crippen LogP contribution in [-0.2, 0) is 0 Å². The first-order valence-corrected chi connectivity index (χ1v) is 6.39. The molecule has 0 radical (unpaired) electrons. The number of hydrogen-bond donors (Lipinski definition) is 1. The Bertz CT molecular complexity index is 479. The van der Waals surface area contributed by atoms with E-state index in [0.29, 0.717) is 11.1 Å². The SMILES string of the molecule is CC(C)c1cccc(Nc2nc(Cl)cs2)c1. The average molecular weight is 253 g/mol. The van der Waals surface area contributed by atoms with Gasteiger partial charge >= 0.3 is 0 Å². The van der Waals surface area contributed by atoms with Crippen LogP contribution in [0.1, 0.15) is 25.3 Å². The summed E-state index contributed by atoms with van der Waals surface area (Å²) in [5.74, 6) is 0.529. The Morgan fingerprint density at radius 3 is 2.81 bits per heavy atom. The Kier molecular flexibility index (Phi) is 3.46. The summed E-state index contributed by atoms with van der Waals surface area (Å²) >= 11 is 7.27. The summed E-state index contributed by atoms with van der Waals surface area (Å²) in [6, 6.07) is 8.35. The number of benzene rings is 1. The van der Waals surface area contributed by atoms with Crippen molar-refractivity contribution >= 4 is 33.8 Å². The van der Waals surface area contributed by atoms with Crippen molar-refractivity contribution in [3.63, 3.8) is 0 Å². The zero-order chi connectivity index (χ0) is 11.5. The van der Waals surface area contributed by atoms with Crippen LogP contribution in [0.5, 0.6) is 0 Å². The fraction of sp³-hybridized carbons (Fsp3) is 0.250. The number of aromatic nitrogens is 1. The molecule has 0 saturated heterocycles. The lowest BCUT2D eigenvalue weighted by Gasteiger charge is -2.08. The summed E-state index contributed by atoms with van der Waals surface area (Å²) < 4.78 is 0. The van der Waals surface area contributed by atoms with E-state index in [-0.39, 0.29) is 0 Å². The Hall–Kier alpha value is -1.06. The van der Waals surface area contributed by atoms with Crippen LogP contribution in [0.25, 0.3) is 0 Å². The molecular weight excluding hydrogens is 240 g/mol. The number of halogens is 1. The number of rotatable bonds is 3. The topological polar surface area (TPSA) is 24.9 Å². The zero-order valence-corrected chi connectivity index (χ0v) is 10.8. The number of thiazole rings is 1. The first kappa shape index (κ1) is 11.4. The van der Waals surface area contributed by atoms with Gasteiger partial charge in [0.25, 0.3) is 0 Å². The molecule has 1 heterocycles. The van der Waals surface area contributed by atoms with Crippen LogP contribution in [-0.4, -0.2) is 4.98 Å². The van der Waals surface area contributed by atoms with Crippen LogP contribution >= 0.6 is 22.9 Å². The third-order valence-corrected chi connectivity index (χ3v) is 3.36. The van der Waals surface area contributed by atoms with Gasteiger partial charge in [-0.05, 0) is 23.6 Å². The van der Waals surface area contributed by atoms with Crippen molar-refractivity contribution < 1.29 is 0 Å². The van der Waals surface area contributed by atoms with Crippen molar-refractivity contribution in [3.8, 4) is 0 Å². The predicted molar refractivity (Wildman–Crippen MR) is 70.9 cm³/mol. The Morgan fingerprint density at radius 1 is 1.38 bits per heavy atom. The van der Waals surface area contributed by atoms with Gasteiger partial charge in [-0.25, -0.2) is 4.98 Å². The van der Waals surface area contributed by atoms with Crippen LogP contribution in [0, 0.1) is 0 Å². The first-order chi connectivity index (χ1) is 7.65. The summed E-state index contributed by atoms with van der Waals surface area (Å²) in [4.78, 5) is 4.15. The molecule has 0 atom stereocenters. The van der Waals surface area contributed by atoms with E-state index in [1.165, 1.54) is 16.9 Å². The third-order valence-electron chi connectivity index (χ3n) is 2.28. The number of nitrogens with zero attached hydrogens (tertiary/aromatic N) is 1. The molecule has 2 nitrogen and oxygen atoms in total. The molecule has 1 N–H and O–H groups in total. The van der Waals surface area contributed by atoms with E-state index in [0.717, 1.165) is 10.8 Å². The highest BCUT2D eigenvalue weighted by atomic mass is 35.5. The molecule has 16 heavy (non-hydrogen) atoms. The molecule has 0 amide bonds. The number of hydrogen-bond acceptors (Lipinski definition) is 3. The van der Waals surface area contributed by atoms with E-state index in [4.69, 9.17) is 11.6 Å². The van der Waals surface area contributed by atoms with Gasteiger partial charge in [-0.2, -0.15) is 0 Å². The van der Waals surface area contributed by atoms with Gasteiger partial charge in [0.15, 0.2) is 5.13 Å². The van der Waals surface area contributed by atoms with Gasteiger partial charge in [0, 0.05) is 11.1 Å². The molecule has 1 aromatic carbocycles. The molecule has 0 aliphatic rings. The van der Waals surface area contributed by atoms with Crippen molar-refractivity contribution in [1.82, 2.24) is 4.98 Å². The van der Waals surface area contributed by atoms with Crippen LogP contribution in [0.3, 0.4) is 0 Å². The van der Waals surface area contributed by atoms with Crippen LogP contribution in [0.15, 0.2) is 29.6 Å². The maximum absolute atomic E-state index is 5.77. The number of nitrogens with one attached hydrogen (secondary N) is 1. The molecule has 84 valence electrons. The van der Waals surface area contributed by atoms with Gasteiger partial charge < -0.3 is 5.32 Å². The van der Waals surface area contributed by atoms with Gasteiger partial charge in [-0.1, -0.05) is 37.6 Å². The van der Waals surface area contributed by atoms with Crippen LogP contribution in [0.2, 0.25) is 5.15 Å². The molecular formula is C12H13ClN2S. The van der Waals surface area contributed by atoms with E-state index >= 15 is 0 Å². The lowest BCUT2D eigenvalue weighted by atomic mass is 10.0. The van der Waals surface area contributed by atoms with Gasteiger partial charge in [0.05, 0.1) is 0 Å². The molecule has 0 unspecified atom stereocenters. The Labute approximate surface area is 104 Å². The maximum Gasteiger partial charge on any atom is 0.188 e. The molecule has 0 spiro atoms. The minimum Gasteiger partial charge on any atom is -0.332 e. The van der Waals surface area contributed by atoms with Gasteiger partial charge in [-0.3, -0.25) is 0 Å². The van der Waals surface area contributed by atoms with Crippen LogP contribution < -0.4 is 5.32 Å². The van der Waals surface area contributed by atoms with E-state index in [2.05, 4.69) is 36.3 Å². The zero-order valence-electron chi connectivity index (χ0n) is 9.20. The summed E-state index contributed by atoms with van der Waals surface area (Å²) in [5, 5.41) is 6.42. The molecule has 0 aliphatic heterocycles. The second kappa shape index (κ2) is 4.85. The number of anilines is 2. The summed E-state index contributed by atoms with van der Waals surface area (Å²) in [6.45, 7) is 4.36. The second-order valence-corrected chi connectivity index (χ2v) is 5.13. The van der Waals surface area contributed by atoms with E-state index < -0.39 is 0 Å². The summed E-state index contributed by atoms with van der Waals surface area (Å²) in [7, 11) is 0. The molecule has 0 saturated carbocycles. The fourth-order valence-electron chi connectivity index (χ4n) is 1.41. The van der Waals surface area contributed by atoms with E-state index in [1.807, 2.05) is 17.5 Å². The van der Waals surface area contributed by atoms with Crippen molar-refractivity contribution in [2.45, 2.75) is 19.8 Å². The summed E-state index contributed by atoms with van der Waals surface area (Å²) in [6.07, 6.45) is 0. The van der Waals surface area contributed by atoms with Gasteiger partial charge in [0.2, 0.25) is 0 Å². The van der Waals surface area contributed by atoms with Crippen molar-refractivity contribution in [1.29, 1.82) is 0 Å². The highest BCUT2D eigenvalue weighted by molar-refractivity contribution is 7.14. The van der Waals surface area contributed by atoms with Crippen molar-refractivity contribution in [2.24, 2.45) is 0 Å². The monoisotopic (exact) mass is 252 g/mol. The molecule has 0 fully saturated rings. The minimum atomic E-state index is 0.529. The molecule has 4 heteroatoms. The smallest absolute Gasteiger partial charge is 0.188 e. The van der Waals surface area contributed by atoms with Crippen molar-refractivity contribution in [2.75, 3.05) is 5.32 Å². The highest BCUT2D eigenvalue weighted by Crippen LogP contribution is 2.25. The molecule has 2 rings (SSSR count). The molecule has 1 aromatic heterocycles.